The summed E-state index contributed by atoms with van der Waals surface area (Å²) in [5.74, 6) is -2.42. The van der Waals surface area contributed by atoms with Crippen LogP contribution in [0.4, 0.5) is 8.78 Å². The Morgan fingerprint density at radius 2 is 2.05 bits per heavy atom. The molecule has 0 aliphatic carbocycles. The second-order valence-corrected chi connectivity index (χ2v) is 4.72. The molecule has 0 unspecified atom stereocenters. The Bertz CT molecular complexity index is 520. The van der Waals surface area contributed by atoms with Crippen molar-refractivity contribution in [3.63, 3.8) is 0 Å². The highest BCUT2D eigenvalue weighted by atomic mass is 19.2. The van der Waals surface area contributed by atoms with Crippen molar-refractivity contribution in [2.75, 3.05) is 19.6 Å². The Kier molecular flexibility index (Phi) is 4.65. The van der Waals surface area contributed by atoms with Gasteiger partial charge in [0.15, 0.2) is 11.6 Å². The van der Waals surface area contributed by atoms with Gasteiger partial charge in [0.2, 0.25) is 5.91 Å². The van der Waals surface area contributed by atoms with E-state index in [2.05, 4.69) is 5.32 Å². The topological polar surface area (TPSA) is 49.4 Å². The third-order valence-electron chi connectivity index (χ3n) is 3.27. The maximum Gasteiger partial charge on any atom is 0.251 e. The van der Waals surface area contributed by atoms with Crippen LogP contribution >= 0.6 is 0 Å². The minimum absolute atomic E-state index is 0.0638. The molecule has 1 heterocycles. The van der Waals surface area contributed by atoms with Crippen LogP contribution in [-0.2, 0) is 4.79 Å². The van der Waals surface area contributed by atoms with E-state index >= 15 is 0 Å². The van der Waals surface area contributed by atoms with E-state index in [1.807, 2.05) is 0 Å². The lowest BCUT2D eigenvalue weighted by atomic mass is 10.1. The van der Waals surface area contributed by atoms with Crippen LogP contribution < -0.4 is 5.32 Å². The van der Waals surface area contributed by atoms with Crippen molar-refractivity contribution in [1.82, 2.24) is 10.2 Å². The van der Waals surface area contributed by atoms with Gasteiger partial charge in [-0.25, -0.2) is 8.78 Å². The number of carbonyl (C=O) groups is 2. The van der Waals surface area contributed by atoms with Gasteiger partial charge in [0.1, 0.15) is 0 Å². The largest absolute Gasteiger partial charge is 0.350 e. The average Bonchev–Trinajstić information content (AvgIpc) is 2.44. The minimum atomic E-state index is -1.05. The molecular weight excluding hydrogens is 266 g/mol. The first-order chi connectivity index (χ1) is 9.58. The number of nitrogens with zero attached hydrogens (tertiary/aromatic N) is 1. The zero-order chi connectivity index (χ0) is 14.5. The lowest BCUT2D eigenvalue weighted by Crippen LogP contribution is -2.41. The van der Waals surface area contributed by atoms with Crippen molar-refractivity contribution in [3.05, 3.63) is 35.4 Å². The number of nitrogens with one attached hydrogen (secondary N) is 1. The summed E-state index contributed by atoms with van der Waals surface area (Å²) in [7, 11) is 0. The lowest BCUT2D eigenvalue weighted by Gasteiger charge is -2.26. The second kappa shape index (κ2) is 6.45. The first-order valence-corrected chi connectivity index (χ1v) is 6.59. The zero-order valence-electron chi connectivity index (χ0n) is 11.0. The summed E-state index contributed by atoms with van der Waals surface area (Å²) >= 11 is 0. The predicted molar refractivity (Wildman–Crippen MR) is 69.1 cm³/mol. The van der Waals surface area contributed by atoms with Crippen LogP contribution in [0.2, 0.25) is 0 Å². The van der Waals surface area contributed by atoms with Crippen LogP contribution in [-0.4, -0.2) is 36.3 Å². The van der Waals surface area contributed by atoms with Crippen molar-refractivity contribution in [2.45, 2.75) is 19.3 Å². The maximum atomic E-state index is 13.0. The van der Waals surface area contributed by atoms with Gasteiger partial charge in [-0.1, -0.05) is 0 Å². The summed E-state index contributed by atoms with van der Waals surface area (Å²) < 4.78 is 25.7. The number of hydrogen-bond donors (Lipinski definition) is 1. The number of hydrogen-bond acceptors (Lipinski definition) is 2. The number of likely N-dealkylation sites (tertiary alicyclic amines) is 1. The van der Waals surface area contributed by atoms with E-state index in [1.165, 1.54) is 6.07 Å². The average molecular weight is 282 g/mol. The number of benzene rings is 1. The van der Waals surface area contributed by atoms with Gasteiger partial charge in [0.25, 0.3) is 5.91 Å². The van der Waals surface area contributed by atoms with Gasteiger partial charge in [-0.2, -0.15) is 0 Å². The van der Waals surface area contributed by atoms with Crippen molar-refractivity contribution in [1.29, 1.82) is 0 Å². The summed E-state index contributed by atoms with van der Waals surface area (Å²) in [6.45, 7) is 1.44. The Morgan fingerprint density at radius 1 is 1.25 bits per heavy atom. The van der Waals surface area contributed by atoms with Crippen LogP contribution in [0.3, 0.4) is 0 Å². The van der Waals surface area contributed by atoms with E-state index < -0.39 is 17.5 Å². The molecule has 1 aromatic rings. The number of halogens is 2. The molecule has 2 rings (SSSR count). The Morgan fingerprint density at radius 3 is 2.75 bits per heavy atom. The Balaban J connectivity index is 1.82. The van der Waals surface area contributed by atoms with Gasteiger partial charge in [-0.05, 0) is 31.0 Å². The molecule has 2 amide bonds. The maximum absolute atomic E-state index is 13.0. The smallest absolute Gasteiger partial charge is 0.251 e. The van der Waals surface area contributed by atoms with E-state index in [9.17, 15) is 18.4 Å². The molecule has 1 fully saturated rings. The molecule has 1 aromatic carbocycles. The van der Waals surface area contributed by atoms with Crippen LogP contribution in [0, 0.1) is 11.6 Å². The molecule has 0 radical (unpaired) electrons. The molecule has 1 N–H and O–H groups in total. The molecule has 0 bridgehead atoms. The van der Waals surface area contributed by atoms with E-state index in [0.717, 1.165) is 25.0 Å². The molecule has 1 aliphatic rings. The number of amides is 2. The van der Waals surface area contributed by atoms with E-state index in [-0.39, 0.29) is 11.5 Å². The molecule has 6 heteroatoms. The van der Waals surface area contributed by atoms with Gasteiger partial charge >= 0.3 is 0 Å². The highest BCUT2D eigenvalue weighted by Crippen LogP contribution is 2.10. The SMILES string of the molecule is O=C(NCCN1CCCCC1=O)c1ccc(F)c(F)c1. The monoisotopic (exact) mass is 282 g/mol. The van der Waals surface area contributed by atoms with Crippen molar-refractivity contribution in [2.24, 2.45) is 0 Å². The van der Waals surface area contributed by atoms with Crippen molar-refractivity contribution >= 4 is 11.8 Å². The standard InChI is InChI=1S/C14H16F2N2O2/c15-11-5-4-10(9-12(11)16)14(20)17-6-8-18-7-2-1-3-13(18)19/h4-5,9H,1-3,6-8H2,(H,17,20). The third-order valence-corrected chi connectivity index (χ3v) is 3.27. The van der Waals surface area contributed by atoms with E-state index in [0.29, 0.717) is 26.1 Å². The molecular formula is C14H16F2N2O2. The quantitative estimate of drug-likeness (QED) is 0.914. The van der Waals surface area contributed by atoms with Crippen LogP contribution in [0.5, 0.6) is 0 Å². The summed E-state index contributed by atoms with van der Waals surface area (Å²) in [4.78, 5) is 25.0. The number of rotatable bonds is 4. The normalized spacial score (nSPS) is 15.3. The van der Waals surface area contributed by atoms with E-state index in [4.69, 9.17) is 0 Å². The summed E-state index contributed by atoms with van der Waals surface area (Å²) in [5, 5.41) is 2.59. The van der Waals surface area contributed by atoms with Crippen LogP contribution in [0.1, 0.15) is 29.6 Å². The predicted octanol–water partition coefficient (Wildman–Crippen LogP) is 1.71. The van der Waals surface area contributed by atoms with E-state index in [1.54, 1.807) is 4.90 Å². The zero-order valence-corrected chi connectivity index (χ0v) is 11.0. The highest BCUT2D eigenvalue weighted by molar-refractivity contribution is 5.94. The molecule has 0 saturated carbocycles. The molecule has 1 aliphatic heterocycles. The van der Waals surface area contributed by atoms with Crippen LogP contribution in [0.25, 0.3) is 0 Å². The van der Waals surface area contributed by atoms with Crippen LogP contribution in [0.15, 0.2) is 18.2 Å². The molecule has 0 atom stereocenters. The van der Waals surface area contributed by atoms with Gasteiger partial charge in [-0.15, -0.1) is 0 Å². The molecule has 1 saturated heterocycles. The fourth-order valence-electron chi connectivity index (χ4n) is 2.14. The molecule has 0 aromatic heterocycles. The Hall–Kier alpha value is -1.98. The first kappa shape index (κ1) is 14.4. The van der Waals surface area contributed by atoms with Crippen molar-refractivity contribution in [3.8, 4) is 0 Å². The Labute approximate surface area is 115 Å². The molecule has 20 heavy (non-hydrogen) atoms. The van der Waals surface area contributed by atoms with Gasteiger partial charge in [0.05, 0.1) is 0 Å². The third kappa shape index (κ3) is 3.53. The fraction of sp³-hybridized carbons (Fsp3) is 0.429. The molecule has 4 nitrogen and oxygen atoms in total. The fourth-order valence-corrected chi connectivity index (χ4v) is 2.14. The van der Waals surface area contributed by atoms with Gasteiger partial charge in [-0.3, -0.25) is 9.59 Å². The summed E-state index contributed by atoms with van der Waals surface area (Å²) in [6.07, 6.45) is 2.44. The minimum Gasteiger partial charge on any atom is -0.350 e. The summed E-state index contributed by atoms with van der Waals surface area (Å²) in [5.41, 5.74) is 0.0638. The number of carbonyl (C=O) groups excluding carboxylic acids is 2. The molecule has 108 valence electrons. The first-order valence-electron chi connectivity index (χ1n) is 6.59. The highest BCUT2D eigenvalue weighted by Gasteiger charge is 2.17. The summed E-state index contributed by atoms with van der Waals surface area (Å²) in [6, 6.07) is 2.99. The molecule has 0 spiro atoms. The number of piperidine rings is 1. The van der Waals surface area contributed by atoms with Crippen molar-refractivity contribution < 1.29 is 18.4 Å². The van der Waals surface area contributed by atoms with Gasteiger partial charge < -0.3 is 10.2 Å². The lowest BCUT2D eigenvalue weighted by molar-refractivity contribution is -0.133. The second-order valence-electron chi connectivity index (χ2n) is 4.72. The van der Waals surface area contributed by atoms with Gasteiger partial charge in [0, 0.05) is 31.6 Å².